The summed E-state index contributed by atoms with van der Waals surface area (Å²) in [5.74, 6) is -0.402. The van der Waals surface area contributed by atoms with Crippen LogP contribution in [0.2, 0.25) is 5.02 Å². The highest BCUT2D eigenvalue weighted by Crippen LogP contribution is 2.30. The van der Waals surface area contributed by atoms with Gasteiger partial charge in [-0.15, -0.1) is 0 Å². The molecule has 1 aliphatic carbocycles. The van der Waals surface area contributed by atoms with Crippen molar-refractivity contribution in [2.75, 3.05) is 0 Å². The molecule has 0 saturated carbocycles. The van der Waals surface area contributed by atoms with Crippen LogP contribution in [-0.2, 0) is 0 Å². The third-order valence-electron chi connectivity index (χ3n) is 3.13. The first-order valence-corrected chi connectivity index (χ1v) is 6.37. The standard InChI is InChI=1S/C14H16ClFO/c15-12-7-11(8-13(16)9-12)14(17)10-5-3-1-2-4-6-10/h5,7-9,14,17H,1-4,6H2. The van der Waals surface area contributed by atoms with Crippen molar-refractivity contribution >= 4 is 11.6 Å². The van der Waals surface area contributed by atoms with E-state index in [9.17, 15) is 9.50 Å². The minimum absolute atomic E-state index is 0.327. The summed E-state index contributed by atoms with van der Waals surface area (Å²) >= 11 is 5.79. The van der Waals surface area contributed by atoms with E-state index in [2.05, 4.69) is 6.08 Å². The van der Waals surface area contributed by atoms with Gasteiger partial charge in [-0.25, -0.2) is 4.39 Å². The molecule has 17 heavy (non-hydrogen) atoms. The third kappa shape index (κ3) is 3.30. The fraction of sp³-hybridized carbons (Fsp3) is 0.429. The van der Waals surface area contributed by atoms with Crippen LogP contribution >= 0.6 is 11.6 Å². The van der Waals surface area contributed by atoms with Crippen molar-refractivity contribution < 1.29 is 9.50 Å². The maximum Gasteiger partial charge on any atom is 0.125 e. The van der Waals surface area contributed by atoms with Gasteiger partial charge in [-0.1, -0.05) is 24.1 Å². The zero-order valence-electron chi connectivity index (χ0n) is 9.63. The van der Waals surface area contributed by atoms with Gasteiger partial charge in [0.15, 0.2) is 0 Å². The van der Waals surface area contributed by atoms with Gasteiger partial charge in [0.1, 0.15) is 11.9 Å². The van der Waals surface area contributed by atoms with Crippen LogP contribution in [0.15, 0.2) is 29.8 Å². The van der Waals surface area contributed by atoms with E-state index in [1.54, 1.807) is 6.07 Å². The minimum atomic E-state index is -0.721. The highest BCUT2D eigenvalue weighted by atomic mass is 35.5. The summed E-state index contributed by atoms with van der Waals surface area (Å²) in [6, 6.07) is 4.22. The zero-order valence-corrected chi connectivity index (χ0v) is 10.4. The van der Waals surface area contributed by atoms with Crippen molar-refractivity contribution in [2.24, 2.45) is 0 Å². The van der Waals surface area contributed by atoms with Gasteiger partial charge in [0.05, 0.1) is 0 Å². The fourth-order valence-corrected chi connectivity index (χ4v) is 2.47. The van der Waals surface area contributed by atoms with E-state index in [1.807, 2.05) is 0 Å². The molecule has 2 rings (SSSR count). The molecule has 0 spiro atoms. The van der Waals surface area contributed by atoms with Crippen molar-refractivity contribution in [1.82, 2.24) is 0 Å². The Balaban J connectivity index is 2.23. The van der Waals surface area contributed by atoms with Gasteiger partial charge in [0.2, 0.25) is 0 Å². The van der Waals surface area contributed by atoms with Gasteiger partial charge in [0, 0.05) is 5.02 Å². The summed E-state index contributed by atoms with van der Waals surface area (Å²) in [6.07, 6.45) is 6.69. The van der Waals surface area contributed by atoms with Crippen LogP contribution in [0.1, 0.15) is 43.8 Å². The highest BCUT2D eigenvalue weighted by Gasteiger charge is 2.16. The quantitative estimate of drug-likeness (QED) is 0.776. The molecule has 1 unspecified atom stereocenters. The lowest BCUT2D eigenvalue weighted by Gasteiger charge is -2.15. The van der Waals surface area contributed by atoms with Crippen LogP contribution in [0, 0.1) is 5.82 Å². The molecular weight excluding hydrogens is 239 g/mol. The fourth-order valence-electron chi connectivity index (χ4n) is 2.24. The molecule has 0 aliphatic heterocycles. The van der Waals surface area contributed by atoms with Crippen molar-refractivity contribution in [3.63, 3.8) is 0 Å². The third-order valence-corrected chi connectivity index (χ3v) is 3.35. The first-order chi connectivity index (χ1) is 8.16. The molecule has 1 nitrogen and oxygen atoms in total. The number of allylic oxidation sites excluding steroid dienone is 1. The zero-order chi connectivity index (χ0) is 12.3. The smallest absolute Gasteiger partial charge is 0.125 e. The molecule has 0 radical (unpaired) electrons. The van der Waals surface area contributed by atoms with E-state index in [0.717, 1.165) is 24.8 Å². The van der Waals surface area contributed by atoms with Crippen LogP contribution in [0.3, 0.4) is 0 Å². The molecule has 0 heterocycles. The molecule has 0 amide bonds. The van der Waals surface area contributed by atoms with E-state index in [1.165, 1.54) is 25.0 Å². The molecule has 0 bridgehead atoms. The summed E-state index contributed by atoms with van der Waals surface area (Å²) in [7, 11) is 0. The second-order valence-electron chi connectivity index (χ2n) is 4.48. The topological polar surface area (TPSA) is 20.2 Å². The summed E-state index contributed by atoms with van der Waals surface area (Å²) in [6.45, 7) is 0. The molecule has 1 N–H and O–H groups in total. The Morgan fingerprint density at radius 2 is 2.00 bits per heavy atom. The molecule has 1 atom stereocenters. The average Bonchev–Trinajstić information content (AvgIpc) is 2.55. The normalized spacial score (nSPS) is 18.4. The van der Waals surface area contributed by atoms with Crippen molar-refractivity contribution in [3.8, 4) is 0 Å². The average molecular weight is 255 g/mol. The van der Waals surface area contributed by atoms with Crippen LogP contribution < -0.4 is 0 Å². The Morgan fingerprint density at radius 1 is 1.18 bits per heavy atom. The molecule has 92 valence electrons. The number of aliphatic hydroxyl groups excluding tert-OH is 1. The second kappa shape index (κ2) is 5.65. The number of rotatable bonds is 2. The lowest BCUT2D eigenvalue weighted by atomic mass is 9.98. The molecule has 0 fully saturated rings. The van der Waals surface area contributed by atoms with E-state index >= 15 is 0 Å². The molecule has 1 aliphatic rings. The first kappa shape index (κ1) is 12.6. The summed E-state index contributed by atoms with van der Waals surface area (Å²) in [4.78, 5) is 0. The SMILES string of the molecule is OC(C1=CCCCCC1)c1cc(F)cc(Cl)c1. The second-order valence-corrected chi connectivity index (χ2v) is 4.92. The van der Waals surface area contributed by atoms with Crippen LogP contribution in [0.4, 0.5) is 4.39 Å². The van der Waals surface area contributed by atoms with Gasteiger partial charge in [-0.2, -0.15) is 0 Å². The summed E-state index contributed by atoms with van der Waals surface area (Å²) in [5.41, 5.74) is 1.53. The Labute approximate surface area is 106 Å². The molecule has 0 saturated heterocycles. The molecular formula is C14H16ClFO. The maximum atomic E-state index is 13.2. The number of aliphatic hydroxyl groups is 1. The predicted octanol–water partition coefficient (Wildman–Crippen LogP) is 4.40. The largest absolute Gasteiger partial charge is 0.384 e. The predicted molar refractivity (Wildman–Crippen MR) is 67.5 cm³/mol. The Hall–Kier alpha value is -0.860. The molecule has 0 aromatic heterocycles. The van der Waals surface area contributed by atoms with Gasteiger partial charge in [-0.3, -0.25) is 0 Å². The van der Waals surface area contributed by atoms with Gasteiger partial charge in [-0.05, 0) is 55.0 Å². The van der Waals surface area contributed by atoms with Crippen molar-refractivity contribution in [2.45, 2.75) is 38.2 Å². The highest BCUT2D eigenvalue weighted by molar-refractivity contribution is 6.30. The van der Waals surface area contributed by atoms with E-state index < -0.39 is 11.9 Å². The maximum absolute atomic E-state index is 13.2. The Kier molecular flexibility index (Phi) is 4.19. The van der Waals surface area contributed by atoms with E-state index in [-0.39, 0.29) is 0 Å². The Bertz CT molecular complexity index is 408. The summed E-state index contributed by atoms with van der Waals surface area (Å²) < 4.78 is 13.2. The number of hydrogen-bond donors (Lipinski definition) is 1. The Morgan fingerprint density at radius 3 is 2.76 bits per heavy atom. The molecule has 3 heteroatoms. The minimum Gasteiger partial charge on any atom is -0.384 e. The van der Waals surface area contributed by atoms with E-state index in [0.29, 0.717) is 10.6 Å². The van der Waals surface area contributed by atoms with Crippen molar-refractivity contribution in [3.05, 3.63) is 46.3 Å². The lowest BCUT2D eigenvalue weighted by molar-refractivity contribution is 0.210. The van der Waals surface area contributed by atoms with Gasteiger partial charge in [0.25, 0.3) is 0 Å². The van der Waals surface area contributed by atoms with Gasteiger partial charge >= 0.3 is 0 Å². The lowest BCUT2D eigenvalue weighted by Crippen LogP contribution is -2.02. The number of halogens is 2. The number of benzene rings is 1. The van der Waals surface area contributed by atoms with E-state index in [4.69, 9.17) is 11.6 Å². The number of hydrogen-bond acceptors (Lipinski definition) is 1. The molecule has 1 aromatic rings. The monoisotopic (exact) mass is 254 g/mol. The van der Waals surface area contributed by atoms with Crippen molar-refractivity contribution in [1.29, 1.82) is 0 Å². The molecule has 1 aromatic carbocycles. The van der Waals surface area contributed by atoms with Crippen LogP contribution in [0.25, 0.3) is 0 Å². The summed E-state index contributed by atoms with van der Waals surface area (Å²) in [5, 5.41) is 10.6. The van der Waals surface area contributed by atoms with Crippen LogP contribution in [0.5, 0.6) is 0 Å². The van der Waals surface area contributed by atoms with Crippen LogP contribution in [-0.4, -0.2) is 5.11 Å². The van der Waals surface area contributed by atoms with Gasteiger partial charge < -0.3 is 5.11 Å². The first-order valence-electron chi connectivity index (χ1n) is 6.00.